The fraction of sp³-hybridized carbons (Fsp3) is 0.263. The molecular formula is C19H19ClN2O3S. The molecule has 3 rings (SSSR count). The Kier molecular flexibility index (Phi) is 6.06. The maximum absolute atomic E-state index is 12.7. The van der Waals surface area contributed by atoms with Gasteiger partial charge in [-0.15, -0.1) is 11.8 Å². The van der Waals surface area contributed by atoms with E-state index in [2.05, 4.69) is 5.32 Å². The molecule has 1 saturated heterocycles. The number of methoxy groups -OCH3 is 1. The van der Waals surface area contributed by atoms with Crippen LogP contribution in [0, 0.1) is 0 Å². The molecule has 1 unspecified atom stereocenters. The van der Waals surface area contributed by atoms with Crippen LogP contribution in [-0.4, -0.2) is 41.5 Å². The Bertz CT molecular complexity index is 798. The van der Waals surface area contributed by atoms with Gasteiger partial charge in [-0.25, -0.2) is 0 Å². The predicted molar refractivity (Wildman–Crippen MR) is 105 cm³/mol. The largest absolute Gasteiger partial charge is 0.497 e. The highest BCUT2D eigenvalue weighted by Crippen LogP contribution is 2.25. The van der Waals surface area contributed by atoms with E-state index in [0.29, 0.717) is 22.3 Å². The van der Waals surface area contributed by atoms with Gasteiger partial charge in [-0.1, -0.05) is 29.8 Å². The van der Waals surface area contributed by atoms with Gasteiger partial charge in [-0.2, -0.15) is 0 Å². The van der Waals surface area contributed by atoms with E-state index in [-0.39, 0.29) is 18.2 Å². The standard InChI is InChI=1S/C19H19ClN2O3S/c1-25-15-8-6-14(7-9-15)21-19(24)17-11-26-12-22(17)18(23)10-13-4-2-3-5-16(13)20/h2-9,17H,10-12H2,1H3,(H,21,24). The molecule has 0 saturated carbocycles. The van der Waals surface area contributed by atoms with Crippen LogP contribution in [0.4, 0.5) is 5.69 Å². The monoisotopic (exact) mass is 390 g/mol. The normalized spacial score (nSPS) is 16.4. The van der Waals surface area contributed by atoms with Crippen molar-refractivity contribution in [3.05, 3.63) is 59.1 Å². The lowest BCUT2D eigenvalue weighted by atomic mass is 10.1. The van der Waals surface area contributed by atoms with Crippen LogP contribution in [0.3, 0.4) is 0 Å². The molecule has 2 aromatic carbocycles. The van der Waals surface area contributed by atoms with Gasteiger partial charge in [0.25, 0.3) is 0 Å². The molecule has 7 heteroatoms. The molecule has 136 valence electrons. The lowest BCUT2D eigenvalue weighted by molar-refractivity contribution is -0.135. The molecule has 1 heterocycles. The zero-order valence-corrected chi connectivity index (χ0v) is 15.8. The van der Waals surface area contributed by atoms with E-state index in [9.17, 15) is 9.59 Å². The van der Waals surface area contributed by atoms with Crippen LogP contribution in [0.2, 0.25) is 5.02 Å². The van der Waals surface area contributed by atoms with Crippen LogP contribution in [0.5, 0.6) is 5.75 Å². The molecule has 2 aromatic rings. The van der Waals surface area contributed by atoms with E-state index in [0.717, 1.165) is 11.3 Å². The van der Waals surface area contributed by atoms with E-state index in [1.54, 1.807) is 54.1 Å². The molecule has 2 amide bonds. The van der Waals surface area contributed by atoms with Gasteiger partial charge < -0.3 is 15.0 Å². The van der Waals surface area contributed by atoms with Crippen molar-refractivity contribution in [2.75, 3.05) is 24.1 Å². The second-order valence-electron chi connectivity index (χ2n) is 5.87. The number of thioether (sulfide) groups is 1. The number of nitrogens with one attached hydrogen (secondary N) is 1. The molecule has 0 radical (unpaired) electrons. The van der Waals surface area contributed by atoms with Gasteiger partial charge in [0.05, 0.1) is 19.4 Å². The van der Waals surface area contributed by atoms with Gasteiger partial charge in [0.1, 0.15) is 11.8 Å². The Balaban J connectivity index is 1.65. The summed E-state index contributed by atoms with van der Waals surface area (Å²) in [5, 5.41) is 3.43. The molecule has 5 nitrogen and oxygen atoms in total. The summed E-state index contributed by atoms with van der Waals surface area (Å²) in [6.45, 7) is 0. The number of rotatable bonds is 5. The quantitative estimate of drug-likeness (QED) is 0.849. The molecule has 0 spiro atoms. The molecule has 1 N–H and O–H groups in total. The van der Waals surface area contributed by atoms with Crippen LogP contribution in [0.15, 0.2) is 48.5 Å². The Morgan fingerprint density at radius 3 is 2.65 bits per heavy atom. The van der Waals surface area contributed by atoms with Gasteiger partial charge >= 0.3 is 0 Å². The number of anilines is 1. The zero-order valence-electron chi connectivity index (χ0n) is 14.3. The molecule has 0 aliphatic carbocycles. The first-order valence-electron chi connectivity index (χ1n) is 8.14. The van der Waals surface area contributed by atoms with Gasteiger partial charge in [0.15, 0.2) is 0 Å². The van der Waals surface area contributed by atoms with E-state index >= 15 is 0 Å². The van der Waals surface area contributed by atoms with Crippen molar-refractivity contribution in [3.63, 3.8) is 0 Å². The van der Waals surface area contributed by atoms with Crippen LogP contribution in [0.25, 0.3) is 0 Å². The summed E-state index contributed by atoms with van der Waals surface area (Å²) in [6, 6.07) is 13.9. The number of carbonyl (C=O) groups excluding carboxylic acids is 2. The molecule has 1 fully saturated rings. The fourth-order valence-electron chi connectivity index (χ4n) is 2.71. The minimum atomic E-state index is -0.489. The van der Waals surface area contributed by atoms with Crippen LogP contribution >= 0.6 is 23.4 Å². The lowest BCUT2D eigenvalue weighted by Gasteiger charge is -2.23. The summed E-state index contributed by atoms with van der Waals surface area (Å²) in [6.07, 6.45) is 0.187. The minimum Gasteiger partial charge on any atom is -0.497 e. The van der Waals surface area contributed by atoms with E-state index in [4.69, 9.17) is 16.3 Å². The first kappa shape index (κ1) is 18.6. The van der Waals surface area contributed by atoms with Gasteiger partial charge in [-0.05, 0) is 35.9 Å². The molecule has 0 aromatic heterocycles. The third-order valence-corrected chi connectivity index (χ3v) is 5.54. The van der Waals surface area contributed by atoms with Crippen molar-refractivity contribution in [2.24, 2.45) is 0 Å². The highest BCUT2D eigenvalue weighted by Gasteiger charge is 2.34. The molecule has 1 aliphatic heterocycles. The van der Waals surface area contributed by atoms with E-state index < -0.39 is 6.04 Å². The van der Waals surface area contributed by atoms with Crippen molar-refractivity contribution >= 4 is 40.9 Å². The fourth-order valence-corrected chi connectivity index (χ4v) is 4.09. The van der Waals surface area contributed by atoms with Crippen molar-refractivity contribution in [1.82, 2.24) is 4.90 Å². The number of carbonyl (C=O) groups is 2. The number of benzene rings is 2. The van der Waals surface area contributed by atoms with Crippen molar-refractivity contribution in [1.29, 1.82) is 0 Å². The third-order valence-electron chi connectivity index (χ3n) is 4.16. The van der Waals surface area contributed by atoms with Gasteiger partial charge in [0.2, 0.25) is 11.8 Å². The van der Waals surface area contributed by atoms with Crippen molar-refractivity contribution < 1.29 is 14.3 Å². The number of amides is 2. The first-order chi connectivity index (χ1) is 12.6. The first-order valence-corrected chi connectivity index (χ1v) is 9.67. The average Bonchev–Trinajstić information content (AvgIpc) is 3.14. The maximum Gasteiger partial charge on any atom is 0.248 e. The summed E-state index contributed by atoms with van der Waals surface area (Å²) >= 11 is 7.71. The van der Waals surface area contributed by atoms with E-state index in [1.807, 2.05) is 18.2 Å². The second kappa shape index (κ2) is 8.47. The summed E-state index contributed by atoms with van der Waals surface area (Å²) in [7, 11) is 1.59. The number of hydrogen-bond acceptors (Lipinski definition) is 4. The second-order valence-corrected chi connectivity index (χ2v) is 7.27. The van der Waals surface area contributed by atoms with Gasteiger partial charge in [0, 0.05) is 16.5 Å². The summed E-state index contributed by atoms with van der Waals surface area (Å²) in [4.78, 5) is 26.9. The van der Waals surface area contributed by atoms with Crippen LogP contribution in [-0.2, 0) is 16.0 Å². The van der Waals surface area contributed by atoms with Gasteiger partial charge in [-0.3, -0.25) is 9.59 Å². The Labute approximate surface area is 161 Å². The third kappa shape index (κ3) is 4.31. The Morgan fingerprint density at radius 1 is 1.23 bits per heavy atom. The summed E-state index contributed by atoms with van der Waals surface area (Å²) in [5.41, 5.74) is 1.44. The molecule has 0 bridgehead atoms. The average molecular weight is 391 g/mol. The number of ether oxygens (including phenoxy) is 1. The molecule has 26 heavy (non-hydrogen) atoms. The highest BCUT2D eigenvalue weighted by atomic mass is 35.5. The summed E-state index contributed by atoms with van der Waals surface area (Å²) in [5.74, 6) is 1.52. The number of nitrogens with zero attached hydrogens (tertiary/aromatic N) is 1. The molecule has 1 atom stereocenters. The number of halogens is 1. The lowest BCUT2D eigenvalue weighted by Crippen LogP contribution is -2.45. The SMILES string of the molecule is COc1ccc(NC(=O)C2CSCN2C(=O)Cc2ccccc2Cl)cc1. The molecule has 1 aliphatic rings. The van der Waals surface area contributed by atoms with Crippen molar-refractivity contribution in [2.45, 2.75) is 12.5 Å². The molecular weight excluding hydrogens is 372 g/mol. The maximum atomic E-state index is 12.7. The Hall–Kier alpha value is -2.18. The minimum absolute atomic E-state index is 0.0991. The highest BCUT2D eigenvalue weighted by molar-refractivity contribution is 7.99. The predicted octanol–water partition coefficient (Wildman–Crippen LogP) is 3.43. The van der Waals surface area contributed by atoms with E-state index in [1.165, 1.54) is 0 Å². The van der Waals surface area contributed by atoms with Crippen LogP contribution in [0.1, 0.15) is 5.56 Å². The summed E-state index contributed by atoms with van der Waals surface area (Å²) < 4.78 is 5.11. The smallest absolute Gasteiger partial charge is 0.248 e. The zero-order chi connectivity index (χ0) is 18.5. The van der Waals surface area contributed by atoms with Crippen molar-refractivity contribution in [3.8, 4) is 5.75 Å². The Morgan fingerprint density at radius 2 is 1.96 bits per heavy atom. The topological polar surface area (TPSA) is 58.6 Å². The van der Waals surface area contributed by atoms with Crippen LogP contribution < -0.4 is 10.1 Å². The number of hydrogen-bond donors (Lipinski definition) is 1.